The van der Waals surface area contributed by atoms with Crippen LogP contribution in [0.2, 0.25) is 0 Å². The third-order valence-corrected chi connectivity index (χ3v) is 2.56. The Morgan fingerprint density at radius 3 is 2.67 bits per heavy atom. The summed E-state index contributed by atoms with van der Waals surface area (Å²) in [7, 11) is 0. The third-order valence-electron chi connectivity index (χ3n) is 2.56. The van der Waals surface area contributed by atoms with E-state index in [2.05, 4.69) is 15.3 Å². The van der Waals surface area contributed by atoms with Gasteiger partial charge in [-0.25, -0.2) is 9.97 Å². The van der Waals surface area contributed by atoms with Gasteiger partial charge in [-0.05, 0) is 31.0 Å². The molecule has 2 aromatic rings. The molecule has 0 saturated carbocycles. The summed E-state index contributed by atoms with van der Waals surface area (Å²) < 4.78 is 0. The molecular weight excluding hydrogens is 230 g/mol. The second-order valence-electron chi connectivity index (χ2n) is 4.04. The number of nitrogens with zero attached hydrogens (tertiary/aromatic N) is 2. The Balaban J connectivity index is 1.90. The number of aryl methyl sites for hydroxylation is 1. The van der Waals surface area contributed by atoms with Gasteiger partial charge >= 0.3 is 0 Å². The summed E-state index contributed by atoms with van der Waals surface area (Å²) >= 11 is 0. The van der Waals surface area contributed by atoms with Crippen LogP contribution in [-0.4, -0.2) is 26.7 Å². The SMILES string of the molecule is Cc1cc(NCCc2ccc(O)c(O)c2)ncn1. The number of benzene rings is 1. The number of rotatable bonds is 4. The number of aromatic nitrogens is 2. The largest absolute Gasteiger partial charge is 0.504 e. The molecule has 2 rings (SSSR count). The molecule has 0 atom stereocenters. The predicted octanol–water partition coefficient (Wildman–Crippen LogP) is 1.85. The lowest BCUT2D eigenvalue weighted by molar-refractivity contribution is 0.403. The van der Waals surface area contributed by atoms with Crippen LogP contribution in [-0.2, 0) is 6.42 Å². The Bertz CT molecular complexity index is 544. The van der Waals surface area contributed by atoms with Gasteiger partial charge in [0.25, 0.3) is 0 Å². The van der Waals surface area contributed by atoms with Crippen molar-refractivity contribution in [2.45, 2.75) is 13.3 Å². The fourth-order valence-electron chi connectivity index (χ4n) is 1.61. The highest BCUT2D eigenvalue weighted by molar-refractivity contribution is 5.41. The summed E-state index contributed by atoms with van der Waals surface area (Å²) in [5.74, 6) is 0.592. The molecule has 1 aromatic heterocycles. The van der Waals surface area contributed by atoms with E-state index in [-0.39, 0.29) is 11.5 Å². The van der Waals surface area contributed by atoms with Gasteiger partial charge in [0.2, 0.25) is 0 Å². The zero-order valence-electron chi connectivity index (χ0n) is 10.1. The van der Waals surface area contributed by atoms with Crippen LogP contribution in [0.15, 0.2) is 30.6 Å². The fraction of sp³-hybridized carbons (Fsp3) is 0.231. The highest BCUT2D eigenvalue weighted by atomic mass is 16.3. The Morgan fingerprint density at radius 1 is 1.11 bits per heavy atom. The first-order valence-electron chi connectivity index (χ1n) is 5.68. The highest BCUT2D eigenvalue weighted by Crippen LogP contribution is 2.24. The number of aromatic hydroxyl groups is 2. The first-order valence-corrected chi connectivity index (χ1v) is 5.68. The van der Waals surface area contributed by atoms with Crippen LogP contribution in [0.3, 0.4) is 0 Å². The highest BCUT2D eigenvalue weighted by Gasteiger charge is 2.01. The minimum absolute atomic E-state index is 0.0922. The molecule has 0 aliphatic rings. The van der Waals surface area contributed by atoms with Gasteiger partial charge in [0.1, 0.15) is 12.1 Å². The summed E-state index contributed by atoms with van der Waals surface area (Å²) in [6.45, 7) is 2.60. The van der Waals surface area contributed by atoms with Crippen LogP contribution in [0, 0.1) is 6.92 Å². The average Bonchev–Trinajstić information content (AvgIpc) is 2.34. The standard InChI is InChI=1S/C13H15N3O2/c1-9-6-13(16-8-15-9)14-5-4-10-2-3-11(17)12(18)7-10/h2-3,6-8,17-18H,4-5H2,1H3,(H,14,15,16). The quantitative estimate of drug-likeness (QED) is 0.716. The summed E-state index contributed by atoms with van der Waals surface area (Å²) in [5.41, 5.74) is 1.86. The van der Waals surface area contributed by atoms with Crippen molar-refractivity contribution in [2.75, 3.05) is 11.9 Å². The third kappa shape index (κ3) is 3.10. The van der Waals surface area contributed by atoms with Crippen molar-refractivity contribution in [2.24, 2.45) is 0 Å². The molecule has 0 fully saturated rings. The smallest absolute Gasteiger partial charge is 0.157 e. The van der Waals surface area contributed by atoms with Crippen LogP contribution < -0.4 is 5.32 Å². The molecule has 0 radical (unpaired) electrons. The molecular formula is C13H15N3O2. The van der Waals surface area contributed by atoms with E-state index in [4.69, 9.17) is 0 Å². The second-order valence-corrected chi connectivity index (χ2v) is 4.04. The number of nitrogens with one attached hydrogen (secondary N) is 1. The van der Waals surface area contributed by atoms with E-state index in [1.165, 1.54) is 12.4 Å². The molecule has 0 amide bonds. The molecule has 0 spiro atoms. The van der Waals surface area contributed by atoms with Crippen LogP contribution in [0.25, 0.3) is 0 Å². The van der Waals surface area contributed by atoms with Gasteiger partial charge in [-0.1, -0.05) is 6.07 Å². The molecule has 1 aromatic carbocycles. The Morgan fingerprint density at radius 2 is 1.94 bits per heavy atom. The molecule has 0 aliphatic carbocycles. The topological polar surface area (TPSA) is 78.3 Å². The van der Waals surface area contributed by atoms with E-state index >= 15 is 0 Å². The monoisotopic (exact) mass is 245 g/mol. The average molecular weight is 245 g/mol. The summed E-state index contributed by atoms with van der Waals surface area (Å²) in [6, 6.07) is 6.69. The fourth-order valence-corrected chi connectivity index (χ4v) is 1.61. The van der Waals surface area contributed by atoms with Crippen molar-refractivity contribution in [1.82, 2.24) is 9.97 Å². The molecule has 1 heterocycles. The Kier molecular flexibility index (Phi) is 3.62. The zero-order chi connectivity index (χ0) is 13.0. The number of hydrogen-bond donors (Lipinski definition) is 3. The lowest BCUT2D eigenvalue weighted by Crippen LogP contribution is -2.06. The van der Waals surface area contributed by atoms with E-state index in [0.29, 0.717) is 6.54 Å². The van der Waals surface area contributed by atoms with E-state index in [0.717, 1.165) is 23.5 Å². The Hall–Kier alpha value is -2.30. The molecule has 3 N–H and O–H groups in total. The van der Waals surface area contributed by atoms with Crippen LogP contribution in [0.5, 0.6) is 11.5 Å². The van der Waals surface area contributed by atoms with Gasteiger partial charge in [0.05, 0.1) is 0 Å². The molecule has 0 aliphatic heterocycles. The summed E-state index contributed by atoms with van der Waals surface area (Å²) in [5, 5.41) is 21.7. The predicted molar refractivity (Wildman–Crippen MR) is 68.7 cm³/mol. The van der Waals surface area contributed by atoms with Gasteiger partial charge in [-0.3, -0.25) is 0 Å². The first kappa shape index (κ1) is 12.2. The number of phenols is 2. The van der Waals surface area contributed by atoms with Gasteiger partial charge in [-0.15, -0.1) is 0 Å². The van der Waals surface area contributed by atoms with Crippen molar-refractivity contribution < 1.29 is 10.2 Å². The molecule has 18 heavy (non-hydrogen) atoms. The van der Waals surface area contributed by atoms with Crippen molar-refractivity contribution >= 4 is 5.82 Å². The lowest BCUT2D eigenvalue weighted by Gasteiger charge is -2.06. The van der Waals surface area contributed by atoms with Crippen molar-refractivity contribution in [3.8, 4) is 11.5 Å². The van der Waals surface area contributed by atoms with Crippen LogP contribution >= 0.6 is 0 Å². The van der Waals surface area contributed by atoms with Crippen molar-refractivity contribution in [3.63, 3.8) is 0 Å². The Labute approximate surface area is 105 Å². The van der Waals surface area contributed by atoms with Crippen LogP contribution in [0.4, 0.5) is 5.82 Å². The zero-order valence-corrected chi connectivity index (χ0v) is 10.1. The normalized spacial score (nSPS) is 10.3. The van der Waals surface area contributed by atoms with Crippen LogP contribution in [0.1, 0.15) is 11.3 Å². The minimum atomic E-state index is -0.0989. The molecule has 5 nitrogen and oxygen atoms in total. The van der Waals surface area contributed by atoms with E-state index in [9.17, 15) is 10.2 Å². The molecule has 94 valence electrons. The molecule has 0 bridgehead atoms. The maximum Gasteiger partial charge on any atom is 0.157 e. The number of phenolic OH excluding ortho intramolecular Hbond substituents is 2. The maximum atomic E-state index is 9.36. The maximum absolute atomic E-state index is 9.36. The second kappa shape index (κ2) is 5.35. The number of hydrogen-bond acceptors (Lipinski definition) is 5. The minimum Gasteiger partial charge on any atom is -0.504 e. The molecule has 0 saturated heterocycles. The summed E-state index contributed by atoms with van der Waals surface area (Å²) in [6.07, 6.45) is 2.25. The summed E-state index contributed by atoms with van der Waals surface area (Å²) in [4.78, 5) is 8.11. The van der Waals surface area contributed by atoms with Crippen molar-refractivity contribution in [3.05, 3.63) is 41.9 Å². The van der Waals surface area contributed by atoms with E-state index in [1.807, 2.05) is 13.0 Å². The first-order chi connectivity index (χ1) is 8.65. The van der Waals surface area contributed by atoms with Gasteiger partial charge in [0, 0.05) is 18.3 Å². The van der Waals surface area contributed by atoms with E-state index in [1.54, 1.807) is 12.1 Å². The number of anilines is 1. The lowest BCUT2D eigenvalue weighted by atomic mass is 10.1. The molecule has 5 heteroatoms. The van der Waals surface area contributed by atoms with Gasteiger partial charge in [-0.2, -0.15) is 0 Å². The van der Waals surface area contributed by atoms with Gasteiger partial charge < -0.3 is 15.5 Å². The van der Waals surface area contributed by atoms with E-state index < -0.39 is 0 Å². The molecule has 0 unspecified atom stereocenters. The van der Waals surface area contributed by atoms with Gasteiger partial charge in [0.15, 0.2) is 11.5 Å². The van der Waals surface area contributed by atoms with Crippen molar-refractivity contribution in [1.29, 1.82) is 0 Å².